The SMILES string of the molecule is CN(C)CCN1C(=S)N[C@@H](c2ccccn2)[C@H]1c1cccn1-c1cccc(F)c1. The van der Waals surface area contributed by atoms with Gasteiger partial charge in [0.2, 0.25) is 0 Å². The highest BCUT2D eigenvalue weighted by atomic mass is 32.1. The average molecular weight is 410 g/mol. The number of rotatable bonds is 6. The molecule has 0 amide bonds. The molecule has 0 aliphatic carbocycles. The number of nitrogens with zero attached hydrogens (tertiary/aromatic N) is 4. The molecule has 3 heterocycles. The number of nitrogens with one attached hydrogen (secondary N) is 1. The van der Waals surface area contributed by atoms with Crippen molar-refractivity contribution in [2.45, 2.75) is 12.1 Å². The predicted octanol–water partition coefficient (Wildman–Crippen LogP) is 3.55. The molecule has 0 unspecified atom stereocenters. The largest absolute Gasteiger partial charge is 0.352 e. The van der Waals surface area contributed by atoms with Crippen LogP contribution >= 0.6 is 12.2 Å². The third-order valence-corrected chi connectivity index (χ3v) is 5.51. The second-order valence-electron chi connectivity index (χ2n) is 7.41. The van der Waals surface area contributed by atoms with E-state index >= 15 is 0 Å². The quantitative estimate of drug-likeness (QED) is 0.630. The molecule has 29 heavy (non-hydrogen) atoms. The van der Waals surface area contributed by atoms with E-state index in [0.29, 0.717) is 5.11 Å². The molecule has 4 rings (SSSR count). The van der Waals surface area contributed by atoms with Crippen molar-refractivity contribution in [1.29, 1.82) is 0 Å². The smallest absolute Gasteiger partial charge is 0.170 e. The predicted molar refractivity (Wildman–Crippen MR) is 116 cm³/mol. The van der Waals surface area contributed by atoms with Gasteiger partial charge in [-0.05, 0) is 68.8 Å². The fourth-order valence-electron chi connectivity index (χ4n) is 3.77. The first-order valence-electron chi connectivity index (χ1n) is 9.60. The molecule has 0 saturated carbocycles. The van der Waals surface area contributed by atoms with Crippen molar-refractivity contribution in [1.82, 2.24) is 24.7 Å². The van der Waals surface area contributed by atoms with E-state index in [2.05, 4.69) is 26.2 Å². The van der Waals surface area contributed by atoms with Crippen LogP contribution in [0.15, 0.2) is 67.0 Å². The number of thiocarbonyl (C=S) groups is 1. The minimum Gasteiger partial charge on any atom is -0.352 e. The van der Waals surface area contributed by atoms with Gasteiger partial charge in [-0.2, -0.15) is 0 Å². The summed E-state index contributed by atoms with van der Waals surface area (Å²) >= 11 is 5.70. The second kappa shape index (κ2) is 8.31. The molecular formula is C22H24FN5S. The molecule has 150 valence electrons. The highest BCUT2D eigenvalue weighted by Crippen LogP contribution is 2.39. The maximum atomic E-state index is 13.9. The van der Waals surface area contributed by atoms with E-state index < -0.39 is 0 Å². The highest BCUT2D eigenvalue weighted by molar-refractivity contribution is 7.80. The molecule has 1 N–H and O–H groups in total. The molecule has 1 aliphatic rings. The number of likely N-dealkylation sites (N-methyl/N-ethyl adjacent to an activating group) is 1. The number of hydrogen-bond acceptors (Lipinski definition) is 3. The van der Waals surface area contributed by atoms with E-state index in [1.807, 2.05) is 55.2 Å². The van der Waals surface area contributed by atoms with Crippen LogP contribution in [0.1, 0.15) is 23.5 Å². The normalized spacial score (nSPS) is 19.0. The van der Waals surface area contributed by atoms with E-state index in [9.17, 15) is 4.39 Å². The third kappa shape index (κ3) is 4.02. The van der Waals surface area contributed by atoms with Crippen LogP contribution in [0.5, 0.6) is 0 Å². The first-order chi connectivity index (χ1) is 14.0. The Labute approximate surface area is 175 Å². The summed E-state index contributed by atoms with van der Waals surface area (Å²) in [6.07, 6.45) is 3.76. The molecule has 0 spiro atoms. The molecule has 3 aromatic rings. The summed E-state index contributed by atoms with van der Waals surface area (Å²) in [7, 11) is 4.10. The van der Waals surface area contributed by atoms with Crippen molar-refractivity contribution in [3.8, 4) is 5.69 Å². The van der Waals surface area contributed by atoms with Gasteiger partial charge in [-0.25, -0.2) is 4.39 Å². The Morgan fingerprint density at radius 3 is 2.72 bits per heavy atom. The van der Waals surface area contributed by atoms with Crippen molar-refractivity contribution in [2.24, 2.45) is 0 Å². The number of aromatic nitrogens is 2. The zero-order chi connectivity index (χ0) is 20.4. The molecular weight excluding hydrogens is 385 g/mol. The molecule has 0 bridgehead atoms. The molecule has 7 heteroatoms. The zero-order valence-electron chi connectivity index (χ0n) is 16.5. The molecule has 1 aliphatic heterocycles. The van der Waals surface area contributed by atoms with Crippen molar-refractivity contribution in [3.05, 3.63) is 84.2 Å². The van der Waals surface area contributed by atoms with Crippen LogP contribution in [-0.4, -0.2) is 51.6 Å². The van der Waals surface area contributed by atoms with Crippen LogP contribution in [0, 0.1) is 5.82 Å². The fourth-order valence-corrected chi connectivity index (χ4v) is 4.10. The Kier molecular flexibility index (Phi) is 5.60. The van der Waals surface area contributed by atoms with Gasteiger partial charge < -0.3 is 19.7 Å². The average Bonchev–Trinajstić information content (AvgIpc) is 3.31. The van der Waals surface area contributed by atoms with Gasteiger partial charge in [-0.15, -0.1) is 0 Å². The van der Waals surface area contributed by atoms with Crippen molar-refractivity contribution >= 4 is 17.3 Å². The molecule has 1 aromatic carbocycles. The maximum absolute atomic E-state index is 13.9. The standard InChI is InChI=1S/C22H24FN5S/c1-26(2)13-14-28-21(20(25-22(28)29)18-9-3-4-11-24-18)19-10-6-12-27(19)17-8-5-7-16(23)15-17/h3-12,15,20-21H,13-14H2,1-2H3,(H,25,29)/t20-,21+/m0/s1. The Morgan fingerprint density at radius 2 is 2.00 bits per heavy atom. The van der Waals surface area contributed by atoms with Crippen LogP contribution < -0.4 is 5.32 Å². The van der Waals surface area contributed by atoms with Crippen molar-refractivity contribution in [3.63, 3.8) is 0 Å². The lowest BCUT2D eigenvalue weighted by molar-refractivity contribution is 0.272. The first kappa shape index (κ1) is 19.5. The van der Waals surface area contributed by atoms with Crippen LogP contribution in [0.2, 0.25) is 0 Å². The zero-order valence-corrected chi connectivity index (χ0v) is 17.3. The van der Waals surface area contributed by atoms with Crippen molar-refractivity contribution in [2.75, 3.05) is 27.2 Å². The van der Waals surface area contributed by atoms with E-state index in [1.54, 1.807) is 18.3 Å². The second-order valence-corrected chi connectivity index (χ2v) is 7.79. The molecule has 1 fully saturated rings. The summed E-state index contributed by atoms with van der Waals surface area (Å²) in [6, 6.07) is 16.5. The van der Waals surface area contributed by atoms with Crippen LogP contribution in [-0.2, 0) is 0 Å². The third-order valence-electron chi connectivity index (χ3n) is 5.16. The van der Waals surface area contributed by atoms with Gasteiger partial charge in [0, 0.05) is 36.9 Å². The minimum absolute atomic E-state index is 0.0596. The van der Waals surface area contributed by atoms with Gasteiger partial charge in [0.1, 0.15) is 5.82 Å². The molecule has 5 nitrogen and oxygen atoms in total. The van der Waals surface area contributed by atoms with Gasteiger partial charge in [0.15, 0.2) is 5.11 Å². The topological polar surface area (TPSA) is 36.3 Å². The van der Waals surface area contributed by atoms with Gasteiger partial charge in [0.05, 0.1) is 17.8 Å². The summed E-state index contributed by atoms with van der Waals surface area (Å²) in [4.78, 5) is 8.92. The molecule has 2 atom stereocenters. The Morgan fingerprint density at radius 1 is 1.14 bits per heavy atom. The summed E-state index contributed by atoms with van der Waals surface area (Å²) < 4.78 is 15.9. The maximum Gasteiger partial charge on any atom is 0.170 e. The van der Waals surface area contributed by atoms with Crippen LogP contribution in [0.25, 0.3) is 5.69 Å². The monoisotopic (exact) mass is 409 g/mol. The number of halogens is 1. The van der Waals surface area contributed by atoms with E-state index in [0.717, 1.165) is 30.2 Å². The van der Waals surface area contributed by atoms with Gasteiger partial charge >= 0.3 is 0 Å². The lowest BCUT2D eigenvalue weighted by Gasteiger charge is -2.29. The summed E-state index contributed by atoms with van der Waals surface area (Å²) in [6.45, 7) is 1.65. The van der Waals surface area contributed by atoms with Gasteiger partial charge in [-0.1, -0.05) is 12.1 Å². The number of benzene rings is 1. The Balaban J connectivity index is 1.78. The lowest BCUT2D eigenvalue weighted by Crippen LogP contribution is -2.36. The minimum atomic E-state index is -0.257. The lowest BCUT2D eigenvalue weighted by atomic mass is 10.0. The van der Waals surface area contributed by atoms with Gasteiger partial charge in [0.25, 0.3) is 0 Å². The van der Waals surface area contributed by atoms with E-state index in [4.69, 9.17) is 12.2 Å². The summed E-state index contributed by atoms with van der Waals surface area (Å²) in [5.74, 6) is -0.257. The van der Waals surface area contributed by atoms with Gasteiger partial charge in [-0.3, -0.25) is 4.98 Å². The summed E-state index contributed by atoms with van der Waals surface area (Å²) in [5.41, 5.74) is 2.76. The highest BCUT2D eigenvalue weighted by Gasteiger charge is 2.41. The van der Waals surface area contributed by atoms with Crippen LogP contribution in [0.4, 0.5) is 4.39 Å². The molecule has 0 radical (unpaired) electrons. The van der Waals surface area contributed by atoms with E-state index in [-0.39, 0.29) is 17.9 Å². The fraction of sp³-hybridized carbons (Fsp3) is 0.273. The van der Waals surface area contributed by atoms with Crippen molar-refractivity contribution < 1.29 is 4.39 Å². The van der Waals surface area contributed by atoms with Crippen LogP contribution in [0.3, 0.4) is 0 Å². The first-order valence-corrected chi connectivity index (χ1v) is 10.0. The molecule has 1 saturated heterocycles. The number of hydrogen-bond donors (Lipinski definition) is 1. The van der Waals surface area contributed by atoms with E-state index in [1.165, 1.54) is 6.07 Å². The molecule has 2 aromatic heterocycles. The summed E-state index contributed by atoms with van der Waals surface area (Å²) in [5, 5.41) is 4.17. The number of pyridine rings is 1. The Hall–Kier alpha value is -2.77. The Bertz CT molecular complexity index is 988.